The molecule has 0 aromatic heterocycles. The fraction of sp³-hybridized carbons (Fsp3) is 0.500. The van der Waals surface area contributed by atoms with E-state index in [1.807, 2.05) is 0 Å². The van der Waals surface area contributed by atoms with Crippen LogP contribution >= 0.6 is 0 Å². The highest BCUT2D eigenvalue weighted by molar-refractivity contribution is 7.89. The van der Waals surface area contributed by atoms with Crippen LogP contribution in [0.15, 0.2) is 29.2 Å². The van der Waals surface area contributed by atoms with Crippen molar-refractivity contribution < 1.29 is 18.1 Å². The number of carbonyl (C=O) groups is 1. The van der Waals surface area contributed by atoms with Crippen molar-refractivity contribution in [3.63, 3.8) is 0 Å². The van der Waals surface area contributed by atoms with Crippen LogP contribution in [0.4, 0.5) is 5.69 Å². The Hall–Kier alpha value is -2.00. The Bertz CT molecular complexity index is 687. The van der Waals surface area contributed by atoms with Crippen LogP contribution in [0.5, 0.6) is 0 Å². The summed E-state index contributed by atoms with van der Waals surface area (Å²) in [5, 5.41) is 10.6. The molecule has 1 atom stereocenters. The highest BCUT2D eigenvalue weighted by Gasteiger charge is 2.22. The lowest BCUT2D eigenvalue weighted by molar-refractivity contribution is -0.384. The number of sulfonamides is 1. The molecule has 1 fully saturated rings. The van der Waals surface area contributed by atoms with E-state index >= 15 is 0 Å². The lowest BCUT2D eigenvalue weighted by atomic mass is 10.2. The van der Waals surface area contributed by atoms with E-state index in [-0.39, 0.29) is 22.5 Å². The Labute approximate surface area is 134 Å². The van der Waals surface area contributed by atoms with Crippen LogP contribution in [-0.4, -0.2) is 43.3 Å². The molecule has 0 saturated carbocycles. The molecular weight excluding hydrogens is 322 g/mol. The second kappa shape index (κ2) is 7.05. The molecule has 23 heavy (non-hydrogen) atoms. The zero-order chi connectivity index (χ0) is 17.0. The smallest absolute Gasteiger partial charge is 0.269 e. The minimum absolute atomic E-state index is 0.0211. The summed E-state index contributed by atoms with van der Waals surface area (Å²) in [4.78, 5) is 23.2. The largest absolute Gasteiger partial charge is 0.343 e. The maximum atomic E-state index is 12.2. The van der Waals surface area contributed by atoms with Gasteiger partial charge in [0.2, 0.25) is 15.9 Å². The van der Waals surface area contributed by atoms with Gasteiger partial charge in [-0.15, -0.1) is 0 Å². The molecule has 2 rings (SSSR count). The molecule has 1 aliphatic rings. The first-order chi connectivity index (χ1) is 10.8. The van der Waals surface area contributed by atoms with Gasteiger partial charge in [-0.25, -0.2) is 13.1 Å². The maximum Gasteiger partial charge on any atom is 0.269 e. The Morgan fingerprint density at radius 3 is 2.52 bits per heavy atom. The summed E-state index contributed by atoms with van der Waals surface area (Å²) in [6.45, 7) is 2.97. The van der Waals surface area contributed by atoms with Gasteiger partial charge in [0.15, 0.2) is 0 Å². The molecule has 1 aromatic carbocycles. The molecular formula is C14H19N3O5S. The Kier molecular flexibility index (Phi) is 5.32. The van der Waals surface area contributed by atoms with Crippen molar-refractivity contribution in [1.29, 1.82) is 0 Å². The SMILES string of the molecule is C[C@@H](CCN1CCCC1=O)NS(=O)(=O)c1ccc([N+](=O)[O-])cc1. The topological polar surface area (TPSA) is 110 Å². The van der Waals surface area contributed by atoms with E-state index in [4.69, 9.17) is 0 Å². The Balaban J connectivity index is 1.94. The zero-order valence-electron chi connectivity index (χ0n) is 12.8. The third kappa shape index (κ3) is 4.49. The molecule has 1 amide bonds. The zero-order valence-corrected chi connectivity index (χ0v) is 13.6. The monoisotopic (exact) mass is 341 g/mol. The van der Waals surface area contributed by atoms with E-state index in [0.717, 1.165) is 25.1 Å². The van der Waals surface area contributed by atoms with Crippen LogP contribution in [-0.2, 0) is 14.8 Å². The van der Waals surface area contributed by atoms with Gasteiger partial charge < -0.3 is 4.90 Å². The van der Waals surface area contributed by atoms with E-state index in [2.05, 4.69) is 4.72 Å². The van der Waals surface area contributed by atoms with Crippen molar-refractivity contribution in [3.8, 4) is 0 Å². The van der Waals surface area contributed by atoms with Crippen molar-refractivity contribution in [2.45, 2.75) is 37.1 Å². The third-order valence-electron chi connectivity index (χ3n) is 3.72. The van der Waals surface area contributed by atoms with E-state index in [0.29, 0.717) is 19.4 Å². The van der Waals surface area contributed by atoms with E-state index in [1.165, 1.54) is 12.1 Å². The number of hydrogen-bond donors (Lipinski definition) is 1. The number of benzene rings is 1. The quantitative estimate of drug-likeness (QED) is 0.593. The number of nitro benzene ring substituents is 1. The van der Waals surface area contributed by atoms with Gasteiger partial charge in [0.05, 0.1) is 9.82 Å². The summed E-state index contributed by atoms with van der Waals surface area (Å²) < 4.78 is 27.0. The first-order valence-electron chi connectivity index (χ1n) is 7.34. The van der Waals surface area contributed by atoms with Crippen LogP contribution in [0, 0.1) is 10.1 Å². The summed E-state index contributed by atoms with van der Waals surface area (Å²) in [5.74, 6) is 0.107. The fourth-order valence-electron chi connectivity index (χ4n) is 2.43. The number of nitrogens with one attached hydrogen (secondary N) is 1. The van der Waals surface area contributed by atoms with E-state index in [9.17, 15) is 23.3 Å². The van der Waals surface area contributed by atoms with E-state index < -0.39 is 14.9 Å². The van der Waals surface area contributed by atoms with E-state index in [1.54, 1.807) is 11.8 Å². The molecule has 126 valence electrons. The summed E-state index contributed by atoms with van der Waals surface area (Å²) in [6, 6.07) is 4.38. The number of non-ortho nitro benzene ring substituents is 1. The minimum Gasteiger partial charge on any atom is -0.343 e. The molecule has 1 heterocycles. The van der Waals surface area contributed by atoms with Crippen molar-refractivity contribution >= 4 is 21.6 Å². The van der Waals surface area contributed by atoms with Gasteiger partial charge in [0.1, 0.15) is 0 Å². The molecule has 9 heteroatoms. The average molecular weight is 341 g/mol. The normalized spacial score (nSPS) is 16.6. The fourth-order valence-corrected chi connectivity index (χ4v) is 3.71. The van der Waals surface area contributed by atoms with Gasteiger partial charge in [0.25, 0.3) is 5.69 Å². The van der Waals surface area contributed by atoms with Gasteiger partial charge in [-0.3, -0.25) is 14.9 Å². The van der Waals surface area contributed by atoms with Gasteiger partial charge in [-0.1, -0.05) is 0 Å². The summed E-state index contributed by atoms with van der Waals surface area (Å²) >= 11 is 0. The second-order valence-electron chi connectivity index (χ2n) is 5.55. The molecule has 1 aliphatic heterocycles. The summed E-state index contributed by atoms with van der Waals surface area (Å²) in [5.41, 5.74) is -0.162. The van der Waals surface area contributed by atoms with Crippen molar-refractivity contribution in [2.24, 2.45) is 0 Å². The highest BCUT2D eigenvalue weighted by Crippen LogP contribution is 2.16. The lowest BCUT2D eigenvalue weighted by Crippen LogP contribution is -2.36. The predicted molar refractivity (Wildman–Crippen MR) is 83.3 cm³/mol. The molecule has 0 radical (unpaired) electrons. The molecule has 1 aromatic rings. The first kappa shape index (κ1) is 17.4. The minimum atomic E-state index is -3.74. The molecule has 1 saturated heterocycles. The van der Waals surface area contributed by atoms with Crippen molar-refractivity contribution in [2.75, 3.05) is 13.1 Å². The van der Waals surface area contributed by atoms with Crippen LogP contribution in [0.3, 0.4) is 0 Å². The highest BCUT2D eigenvalue weighted by atomic mass is 32.2. The average Bonchev–Trinajstić information content (AvgIpc) is 2.90. The lowest BCUT2D eigenvalue weighted by Gasteiger charge is -2.19. The molecule has 1 N–H and O–H groups in total. The van der Waals surface area contributed by atoms with Crippen molar-refractivity contribution in [1.82, 2.24) is 9.62 Å². The van der Waals surface area contributed by atoms with Crippen LogP contribution in [0.2, 0.25) is 0 Å². The van der Waals surface area contributed by atoms with Crippen LogP contribution in [0.25, 0.3) is 0 Å². The number of rotatable bonds is 7. The van der Waals surface area contributed by atoms with Gasteiger partial charge >= 0.3 is 0 Å². The molecule has 0 unspecified atom stereocenters. The van der Waals surface area contributed by atoms with Crippen LogP contribution in [0.1, 0.15) is 26.2 Å². The number of carbonyl (C=O) groups excluding carboxylic acids is 1. The number of hydrogen-bond acceptors (Lipinski definition) is 5. The maximum absolute atomic E-state index is 12.2. The number of nitro groups is 1. The molecule has 0 bridgehead atoms. The standard InChI is InChI=1S/C14H19N3O5S/c1-11(8-10-16-9-2-3-14(16)18)15-23(21,22)13-6-4-12(5-7-13)17(19)20/h4-7,11,15H,2-3,8-10H2,1H3/t11-/m0/s1. The summed E-state index contributed by atoms with van der Waals surface area (Å²) in [7, 11) is -3.74. The van der Waals surface area contributed by atoms with Crippen molar-refractivity contribution in [3.05, 3.63) is 34.4 Å². The Morgan fingerprint density at radius 1 is 1.35 bits per heavy atom. The first-order valence-corrected chi connectivity index (χ1v) is 8.82. The number of likely N-dealkylation sites (tertiary alicyclic amines) is 1. The van der Waals surface area contributed by atoms with Gasteiger partial charge in [-0.05, 0) is 31.9 Å². The predicted octanol–water partition coefficient (Wildman–Crippen LogP) is 1.27. The van der Waals surface area contributed by atoms with Crippen LogP contribution < -0.4 is 4.72 Å². The van der Waals surface area contributed by atoms with Gasteiger partial charge in [0, 0.05) is 37.7 Å². The second-order valence-corrected chi connectivity index (χ2v) is 7.26. The Morgan fingerprint density at radius 2 is 2.00 bits per heavy atom. The molecule has 0 aliphatic carbocycles. The van der Waals surface area contributed by atoms with Gasteiger partial charge in [-0.2, -0.15) is 0 Å². The number of nitrogens with zero attached hydrogens (tertiary/aromatic N) is 2. The number of amides is 1. The summed E-state index contributed by atoms with van der Waals surface area (Å²) in [6.07, 6.45) is 1.92. The molecule has 0 spiro atoms. The third-order valence-corrected chi connectivity index (χ3v) is 5.32. The molecule has 8 nitrogen and oxygen atoms in total.